The number of rotatable bonds is 8. The molecular formula is C23H27FN6O2S. The van der Waals surface area contributed by atoms with Crippen LogP contribution in [-0.4, -0.2) is 46.5 Å². The molecular weight excluding hydrogens is 443 g/mol. The second-order valence-corrected chi connectivity index (χ2v) is 9.14. The molecule has 8 nitrogen and oxygen atoms in total. The first-order valence-corrected chi connectivity index (χ1v) is 11.8. The molecule has 0 saturated carbocycles. The zero-order valence-corrected chi connectivity index (χ0v) is 19.8. The van der Waals surface area contributed by atoms with Gasteiger partial charge in [-0.15, -0.1) is 0 Å². The Balaban J connectivity index is 1.34. The van der Waals surface area contributed by atoms with Crippen LogP contribution in [0.3, 0.4) is 0 Å². The predicted molar refractivity (Wildman–Crippen MR) is 129 cm³/mol. The molecule has 4 heterocycles. The maximum Gasteiger partial charge on any atom is 0.324 e. The van der Waals surface area contributed by atoms with Crippen molar-refractivity contribution in [2.75, 3.05) is 24.6 Å². The lowest BCUT2D eigenvalue weighted by molar-refractivity contribution is 0.219. The van der Waals surface area contributed by atoms with E-state index in [2.05, 4.69) is 36.7 Å². The monoisotopic (exact) mass is 470 g/mol. The molecule has 0 N–H and O–H groups in total. The minimum Gasteiger partial charge on any atom is -0.470 e. The summed E-state index contributed by atoms with van der Waals surface area (Å²) in [6, 6.07) is 4.28. The fraction of sp³-hybridized carbons (Fsp3) is 0.435. The Morgan fingerprint density at radius 1 is 1.33 bits per heavy atom. The van der Waals surface area contributed by atoms with Crippen LogP contribution in [0.2, 0.25) is 0 Å². The SMILES string of the molecule is C=N/C(F)=C\C(=C/C)c1ccc2nc(OCC3CCN(c4nc(C(C)C)no4)CC3)sc2n1. The number of pyridine rings is 1. The number of aliphatic imine (C=N–C) groups is 1. The van der Waals surface area contributed by atoms with Gasteiger partial charge in [0.25, 0.3) is 5.19 Å². The fourth-order valence-electron chi connectivity index (χ4n) is 3.57. The summed E-state index contributed by atoms with van der Waals surface area (Å²) >= 11 is 1.39. The maximum atomic E-state index is 13.5. The Morgan fingerprint density at radius 2 is 2.12 bits per heavy atom. The summed E-state index contributed by atoms with van der Waals surface area (Å²) in [6.45, 7) is 11.4. The van der Waals surface area contributed by atoms with Crippen LogP contribution < -0.4 is 9.64 Å². The van der Waals surface area contributed by atoms with E-state index in [0.717, 1.165) is 42.1 Å². The zero-order chi connectivity index (χ0) is 23.4. The van der Waals surface area contributed by atoms with E-state index in [1.54, 1.807) is 6.08 Å². The van der Waals surface area contributed by atoms with E-state index in [9.17, 15) is 4.39 Å². The molecule has 0 radical (unpaired) electrons. The highest BCUT2D eigenvalue weighted by Gasteiger charge is 2.24. The van der Waals surface area contributed by atoms with Gasteiger partial charge in [-0.25, -0.2) is 15.0 Å². The van der Waals surface area contributed by atoms with Crippen LogP contribution in [0.15, 0.2) is 39.8 Å². The molecule has 10 heteroatoms. The lowest BCUT2D eigenvalue weighted by Crippen LogP contribution is -2.35. The van der Waals surface area contributed by atoms with E-state index < -0.39 is 5.95 Å². The number of fused-ring (bicyclic) bond motifs is 1. The molecule has 1 aliphatic rings. The normalized spacial score (nSPS) is 16.1. The number of halogens is 1. The largest absolute Gasteiger partial charge is 0.470 e. The smallest absolute Gasteiger partial charge is 0.324 e. The zero-order valence-electron chi connectivity index (χ0n) is 19.0. The molecule has 0 aromatic carbocycles. The van der Waals surface area contributed by atoms with Gasteiger partial charge in [0, 0.05) is 30.7 Å². The second-order valence-electron chi connectivity index (χ2n) is 8.20. The highest BCUT2D eigenvalue weighted by Crippen LogP contribution is 2.30. The molecule has 0 aliphatic carbocycles. The molecule has 33 heavy (non-hydrogen) atoms. The van der Waals surface area contributed by atoms with E-state index in [0.29, 0.717) is 35.0 Å². The van der Waals surface area contributed by atoms with Crippen molar-refractivity contribution in [1.82, 2.24) is 20.1 Å². The average molecular weight is 471 g/mol. The van der Waals surface area contributed by atoms with Crippen molar-refractivity contribution < 1.29 is 13.7 Å². The Bertz CT molecular complexity index is 1180. The van der Waals surface area contributed by atoms with Gasteiger partial charge in [0.15, 0.2) is 5.82 Å². The van der Waals surface area contributed by atoms with Gasteiger partial charge in [-0.2, -0.15) is 9.37 Å². The molecule has 174 valence electrons. The van der Waals surface area contributed by atoms with Crippen molar-refractivity contribution >= 4 is 40.0 Å². The standard InChI is InChI=1S/C23H27FN6O2S/c1-5-16(12-19(24)25-4)17-6-7-18-21(26-17)33-23(27-18)31-13-15-8-10-30(11-9-15)22-28-20(14(2)3)29-32-22/h5-7,12,14-15H,4,8-11,13H2,1-3H3/b16-5+,19-12-. The highest BCUT2D eigenvalue weighted by atomic mass is 32.1. The number of aromatic nitrogens is 4. The van der Waals surface area contributed by atoms with E-state index in [1.165, 1.54) is 17.4 Å². The van der Waals surface area contributed by atoms with E-state index in [-0.39, 0.29) is 5.92 Å². The molecule has 3 aromatic heterocycles. The van der Waals surface area contributed by atoms with Crippen molar-refractivity contribution in [3.05, 3.63) is 41.8 Å². The Labute approximate surface area is 195 Å². The number of hydrogen-bond donors (Lipinski definition) is 0. The van der Waals surface area contributed by atoms with Crippen molar-refractivity contribution in [2.24, 2.45) is 10.9 Å². The molecule has 3 aromatic rings. The van der Waals surface area contributed by atoms with Crippen LogP contribution >= 0.6 is 11.3 Å². The van der Waals surface area contributed by atoms with Gasteiger partial charge in [0.2, 0.25) is 5.95 Å². The summed E-state index contributed by atoms with van der Waals surface area (Å²) in [5, 5.41) is 4.64. The number of hydrogen-bond acceptors (Lipinski definition) is 9. The Kier molecular flexibility index (Phi) is 7.12. The van der Waals surface area contributed by atoms with Crippen molar-refractivity contribution in [3.8, 4) is 5.19 Å². The number of ether oxygens (including phenoxy) is 1. The lowest BCUT2D eigenvalue weighted by Gasteiger charge is -2.30. The van der Waals surface area contributed by atoms with Gasteiger partial charge in [-0.3, -0.25) is 0 Å². The molecule has 0 amide bonds. The summed E-state index contributed by atoms with van der Waals surface area (Å²) in [5.41, 5.74) is 2.03. The third kappa shape index (κ3) is 5.44. The predicted octanol–water partition coefficient (Wildman–Crippen LogP) is 5.41. The third-order valence-electron chi connectivity index (χ3n) is 5.54. The number of thiazole rings is 1. The minimum absolute atomic E-state index is 0.249. The summed E-state index contributed by atoms with van der Waals surface area (Å²) in [5.74, 6) is 0.768. The first kappa shape index (κ1) is 23.0. The molecule has 4 rings (SSSR count). The van der Waals surface area contributed by atoms with Crippen LogP contribution in [-0.2, 0) is 0 Å². The quantitative estimate of drug-likeness (QED) is 0.247. The van der Waals surface area contributed by atoms with Gasteiger partial charge in [0.1, 0.15) is 10.3 Å². The first-order chi connectivity index (χ1) is 16.0. The summed E-state index contributed by atoms with van der Waals surface area (Å²) in [4.78, 5) is 19.8. The van der Waals surface area contributed by atoms with Crippen molar-refractivity contribution in [1.29, 1.82) is 0 Å². The van der Waals surface area contributed by atoms with E-state index in [4.69, 9.17) is 9.26 Å². The number of nitrogens with zero attached hydrogens (tertiary/aromatic N) is 6. The fourth-order valence-corrected chi connectivity index (χ4v) is 4.37. The molecule has 0 spiro atoms. The van der Waals surface area contributed by atoms with Gasteiger partial charge in [0.05, 0.1) is 12.3 Å². The summed E-state index contributed by atoms with van der Waals surface area (Å²) < 4.78 is 24.9. The number of allylic oxidation sites excluding steroid dienone is 3. The number of piperidine rings is 1. The summed E-state index contributed by atoms with van der Waals surface area (Å²) in [6.07, 6.45) is 5.05. The highest BCUT2D eigenvalue weighted by molar-refractivity contribution is 7.19. The van der Waals surface area contributed by atoms with Gasteiger partial charge < -0.3 is 14.2 Å². The molecule has 0 bridgehead atoms. The van der Waals surface area contributed by atoms with Crippen molar-refractivity contribution in [3.63, 3.8) is 0 Å². The van der Waals surface area contributed by atoms with Crippen LogP contribution in [0.1, 0.15) is 51.0 Å². The van der Waals surface area contributed by atoms with Crippen LogP contribution in [0.5, 0.6) is 5.19 Å². The summed E-state index contributed by atoms with van der Waals surface area (Å²) in [7, 11) is 0. The van der Waals surface area contributed by atoms with Gasteiger partial charge in [-0.05, 0) is 44.5 Å². The average Bonchev–Trinajstić information content (AvgIpc) is 3.48. The van der Waals surface area contributed by atoms with Crippen LogP contribution in [0.25, 0.3) is 15.9 Å². The molecule has 0 atom stereocenters. The molecule has 1 aliphatic heterocycles. The van der Waals surface area contributed by atoms with Gasteiger partial charge in [-0.1, -0.05) is 36.4 Å². The molecule has 1 fully saturated rings. The third-order valence-corrected chi connectivity index (χ3v) is 6.42. The van der Waals surface area contributed by atoms with Crippen molar-refractivity contribution in [2.45, 2.75) is 39.5 Å². The second kappa shape index (κ2) is 10.2. The van der Waals surface area contributed by atoms with E-state index >= 15 is 0 Å². The number of anilines is 1. The topological polar surface area (TPSA) is 89.5 Å². The van der Waals surface area contributed by atoms with E-state index in [1.807, 2.05) is 32.9 Å². The Hall–Kier alpha value is -3.14. The molecule has 1 saturated heterocycles. The minimum atomic E-state index is -0.649. The van der Waals surface area contributed by atoms with Crippen LogP contribution in [0.4, 0.5) is 10.4 Å². The first-order valence-electron chi connectivity index (χ1n) is 11.0. The molecule has 0 unspecified atom stereocenters. The lowest BCUT2D eigenvalue weighted by atomic mass is 9.98. The van der Waals surface area contributed by atoms with Gasteiger partial charge >= 0.3 is 6.01 Å². The maximum absolute atomic E-state index is 13.5. The Morgan fingerprint density at radius 3 is 2.79 bits per heavy atom. The van der Waals surface area contributed by atoms with Crippen LogP contribution in [0, 0.1) is 5.92 Å².